The quantitative estimate of drug-likeness (QED) is 0.0200. The Kier molecular flexibility index (Phi) is 45.0. The van der Waals surface area contributed by atoms with Crippen LogP contribution in [0.3, 0.4) is 0 Å². The fraction of sp³-hybridized carbons (Fsp3) is 0.717. The fourth-order valence-electron chi connectivity index (χ4n) is 6.51. The molecular formula is C53H90O6. The van der Waals surface area contributed by atoms with Crippen LogP contribution in [0.1, 0.15) is 226 Å². The van der Waals surface area contributed by atoms with Gasteiger partial charge in [0.05, 0.1) is 0 Å². The minimum Gasteiger partial charge on any atom is -0.462 e. The van der Waals surface area contributed by atoms with E-state index in [9.17, 15) is 14.4 Å². The minimum atomic E-state index is -0.804. The van der Waals surface area contributed by atoms with E-state index in [4.69, 9.17) is 14.2 Å². The van der Waals surface area contributed by atoms with Crippen LogP contribution in [0.15, 0.2) is 72.9 Å². The van der Waals surface area contributed by atoms with Gasteiger partial charge in [-0.05, 0) is 96.3 Å². The summed E-state index contributed by atoms with van der Waals surface area (Å²) in [6, 6.07) is 0. The summed E-state index contributed by atoms with van der Waals surface area (Å²) < 4.78 is 16.7. The molecule has 6 nitrogen and oxygen atoms in total. The zero-order valence-corrected chi connectivity index (χ0v) is 38.5. The lowest BCUT2D eigenvalue weighted by Gasteiger charge is -2.18. The molecule has 0 aliphatic rings. The molecule has 0 N–H and O–H groups in total. The maximum absolute atomic E-state index is 12.7. The Bertz CT molecular complexity index is 1130. The highest BCUT2D eigenvalue weighted by molar-refractivity contribution is 5.71. The third kappa shape index (κ3) is 45.8. The van der Waals surface area contributed by atoms with E-state index in [1.165, 1.54) is 83.5 Å². The van der Waals surface area contributed by atoms with Gasteiger partial charge in [0, 0.05) is 19.3 Å². The van der Waals surface area contributed by atoms with Gasteiger partial charge in [0.15, 0.2) is 6.10 Å². The van der Waals surface area contributed by atoms with Crippen molar-refractivity contribution >= 4 is 17.9 Å². The first-order valence-electron chi connectivity index (χ1n) is 24.5. The SMILES string of the molecule is CC/C=C\C/C=C\C/C=C\CCCC(=O)OCC(COC(=O)CCCCCCC/C=C\C=C/CCCCCCCCC)OC(=O)CCCCCCC/C=C\CCCCC. The second-order valence-electron chi connectivity index (χ2n) is 16.0. The lowest BCUT2D eigenvalue weighted by Crippen LogP contribution is -2.30. The molecule has 0 fully saturated rings. The normalized spacial score (nSPS) is 12.7. The van der Waals surface area contributed by atoms with E-state index in [2.05, 4.69) is 93.7 Å². The van der Waals surface area contributed by atoms with Crippen molar-refractivity contribution in [2.75, 3.05) is 13.2 Å². The molecule has 338 valence electrons. The van der Waals surface area contributed by atoms with Crippen LogP contribution in [0, 0.1) is 0 Å². The van der Waals surface area contributed by atoms with Crippen molar-refractivity contribution in [3.05, 3.63) is 72.9 Å². The van der Waals surface area contributed by atoms with Gasteiger partial charge in [-0.2, -0.15) is 0 Å². The van der Waals surface area contributed by atoms with Crippen LogP contribution in [0.4, 0.5) is 0 Å². The average molecular weight is 823 g/mol. The molecule has 0 saturated carbocycles. The van der Waals surface area contributed by atoms with Gasteiger partial charge in [-0.15, -0.1) is 0 Å². The van der Waals surface area contributed by atoms with Gasteiger partial charge >= 0.3 is 17.9 Å². The highest BCUT2D eigenvalue weighted by atomic mass is 16.6. The zero-order chi connectivity index (χ0) is 43.0. The number of allylic oxidation sites excluding steroid dienone is 12. The second kappa shape index (κ2) is 47.5. The van der Waals surface area contributed by atoms with Gasteiger partial charge in [0.2, 0.25) is 0 Å². The molecule has 6 heteroatoms. The lowest BCUT2D eigenvalue weighted by atomic mass is 10.1. The number of unbranched alkanes of at least 4 members (excludes halogenated alkanes) is 21. The number of carbonyl (C=O) groups is 3. The standard InChI is InChI=1S/C53H90O6/c1-4-7-10-13-16-19-22-24-25-26-27-28-29-32-34-37-40-43-46-52(55)58-49-50(48-57-51(54)45-42-39-36-33-30-21-18-15-12-9-6-3)59-53(56)47-44-41-38-35-31-23-20-17-14-11-8-5-2/h9,12,17-18,20-21,25-28,33,36,50H,4-8,10-11,13-16,19,22-24,29-32,34-35,37-49H2,1-3H3/b12-9-,20-17-,21-18-,26-25-,28-27-,36-33-. The Morgan fingerprint density at radius 1 is 0.373 bits per heavy atom. The average Bonchev–Trinajstić information content (AvgIpc) is 3.23. The monoisotopic (exact) mass is 823 g/mol. The maximum atomic E-state index is 12.7. The third-order valence-electron chi connectivity index (χ3n) is 10.2. The van der Waals surface area contributed by atoms with Crippen LogP contribution < -0.4 is 0 Å². The summed E-state index contributed by atoms with van der Waals surface area (Å²) in [4.78, 5) is 37.8. The van der Waals surface area contributed by atoms with E-state index in [-0.39, 0.29) is 37.5 Å². The molecule has 0 aliphatic heterocycles. The maximum Gasteiger partial charge on any atom is 0.306 e. The number of hydrogen-bond acceptors (Lipinski definition) is 6. The molecule has 0 bridgehead atoms. The number of carbonyl (C=O) groups excluding carboxylic acids is 3. The van der Waals surface area contributed by atoms with Crippen LogP contribution >= 0.6 is 0 Å². The van der Waals surface area contributed by atoms with E-state index >= 15 is 0 Å². The summed E-state index contributed by atoms with van der Waals surface area (Å²) in [6.45, 7) is 6.41. The van der Waals surface area contributed by atoms with E-state index in [1.807, 2.05) is 0 Å². The van der Waals surface area contributed by atoms with E-state index in [0.29, 0.717) is 19.3 Å². The first-order chi connectivity index (χ1) is 29.0. The Morgan fingerprint density at radius 2 is 0.729 bits per heavy atom. The molecular weight excluding hydrogens is 733 g/mol. The van der Waals surface area contributed by atoms with Gasteiger partial charge in [-0.3, -0.25) is 14.4 Å². The van der Waals surface area contributed by atoms with Crippen molar-refractivity contribution in [3.63, 3.8) is 0 Å². The number of hydrogen-bond donors (Lipinski definition) is 0. The van der Waals surface area contributed by atoms with Crippen LogP contribution in [0.25, 0.3) is 0 Å². The summed E-state index contributed by atoms with van der Waals surface area (Å²) in [5, 5.41) is 0. The summed E-state index contributed by atoms with van der Waals surface area (Å²) >= 11 is 0. The largest absolute Gasteiger partial charge is 0.462 e. The van der Waals surface area contributed by atoms with Crippen molar-refractivity contribution in [1.29, 1.82) is 0 Å². The van der Waals surface area contributed by atoms with Gasteiger partial charge in [0.25, 0.3) is 0 Å². The third-order valence-corrected chi connectivity index (χ3v) is 10.2. The number of rotatable bonds is 43. The van der Waals surface area contributed by atoms with Crippen LogP contribution in [-0.2, 0) is 28.6 Å². The predicted octanol–water partition coefficient (Wildman–Crippen LogP) is 15.9. The molecule has 1 unspecified atom stereocenters. The summed E-state index contributed by atoms with van der Waals surface area (Å²) in [7, 11) is 0. The molecule has 0 saturated heterocycles. The van der Waals surface area contributed by atoms with E-state index in [0.717, 1.165) is 96.3 Å². The first kappa shape index (κ1) is 55.9. The summed E-state index contributed by atoms with van der Waals surface area (Å²) in [5.41, 5.74) is 0. The van der Waals surface area contributed by atoms with E-state index < -0.39 is 6.10 Å². The van der Waals surface area contributed by atoms with Crippen molar-refractivity contribution in [2.24, 2.45) is 0 Å². The second-order valence-corrected chi connectivity index (χ2v) is 16.0. The van der Waals surface area contributed by atoms with Crippen LogP contribution in [0.2, 0.25) is 0 Å². The molecule has 0 radical (unpaired) electrons. The fourth-order valence-corrected chi connectivity index (χ4v) is 6.51. The molecule has 0 spiro atoms. The lowest BCUT2D eigenvalue weighted by molar-refractivity contribution is -0.167. The molecule has 59 heavy (non-hydrogen) atoms. The minimum absolute atomic E-state index is 0.103. The predicted molar refractivity (Wildman–Crippen MR) is 251 cm³/mol. The van der Waals surface area contributed by atoms with E-state index in [1.54, 1.807) is 0 Å². The number of esters is 3. The Balaban J connectivity index is 4.43. The molecule has 0 amide bonds. The van der Waals surface area contributed by atoms with Gasteiger partial charge in [0.1, 0.15) is 13.2 Å². The van der Waals surface area contributed by atoms with Crippen LogP contribution in [-0.4, -0.2) is 37.2 Å². The van der Waals surface area contributed by atoms with Crippen molar-refractivity contribution in [2.45, 2.75) is 232 Å². The molecule has 0 aromatic rings. The summed E-state index contributed by atoms with van der Waals surface area (Å²) in [5.74, 6) is -0.986. The Hall–Kier alpha value is -3.15. The van der Waals surface area contributed by atoms with Crippen LogP contribution in [0.5, 0.6) is 0 Å². The van der Waals surface area contributed by atoms with Gasteiger partial charge in [-0.1, -0.05) is 184 Å². The van der Waals surface area contributed by atoms with Crippen molar-refractivity contribution in [3.8, 4) is 0 Å². The Labute approximate surface area is 363 Å². The summed E-state index contributed by atoms with van der Waals surface area (Å²) in [6.07, 6.45) is 59.0. The smallest absolute Gasteiger partial charge is 0.306 e. The van der Waals surface area contributed by atoms with Gasteiger partial charge < -0.3 is 14.2 Å². The highest BCUT2D eigenvalue weighted by Crippen LogP contribution is 2.13. The van der Waals surface area contributed by atoms with Crippen molar-refractivity contribution < 1.29 is 28.6 Å². The molecule has 1 atom stereocenters. The topological polar surface area (TPSA) is 78.9 Å². The zero-order valence-electron chi connectivity index (χ0n) is 38.5. The molecule has 0 aromatic carbocycles. The molecule has 0 aromatic heterocycles. The molecule has 0 heterocycles. The van der Waals surface area contributed by atoms with Crippen molar-refractivity contribution in [1.82, 2.24) is 0 Å². The first-order valence-corrected chi connectivity index (χ1v) is 24.5. The molecule has 0 rings (SSSR count). The highest BCUT2D eigenvalue weighted by Gasteiger charge is 2.19. The number of ether oxygens (including phenoxy) is 3. The molecule has 0 aliphatic carbocycles. The Morgan fingerprint density at radius 3 is 1.25 bits per heavy atom. The van der Waals surface area contributed by atoms with Gasteiger partial charge in [-0.25, -0.2) is 0 Å².